The van der Waals surface area contributed by atoms with Gasteiger partial charge >= 0.3 is 0 Å². The minimum absolute atomic E-state index is 0.0214. The van der Waals surface area contributed by atoms with E-state index in [2.05, 4.69) is 10.3 Å². The van der Waals surface area contributed by atoms with Crippen molar-refractivity contribution >= 4 is 25.7 Å². The van der Waals surface area contributed by atoms with E-state index < -0.39 is 19.9 Å². The van der Waals surface area contributed by atoms with E-state index in [4.69, 9.17) is 0 Å². The zero-order valence-electron chi connectivity index (χ0n) is 11.0. The molecule has 1 aromatic rings. The number of nitrogens with one attached hydrogen (secondary N) is 1. The van der Waals surface area contributed by atoms with E-state index in [1.54, 1.807) is 6.08 Å². The third-order valence-corrected chi connectivity index (χ3v) is 5.97. The normalized spacial score (nSPS) is 21.2. The fourth-order valence-corrected chi connectivity index (χ4v) is 3.77. The number of rotatable bonds is 4. The van der Waals surface area contributed by atoms with Gasteiger partial charge in [-0.2, -0.15) is 0 Å². The van der Waals surface area contributed by atoms with Crippen molar-refractivity contribution in [2.24, 2.45) is 0 Å². The summed E-state index contributed by atoms with van der Waals surface area (Å²) in [6.07, 6.45) is 2.78. The van der Waals surface area contributed by atoms with E-state index in [9.17, 15) is 16.8 Å². The Morgan fingerprint density at radius 1 is 1.35 bits per heavy atom. The summed E-state index contributed by atoms with van der Waals surface area (Å²) >= 11 is 0. The van der Waals surface area contributed by atoms with Gasteiger partial charge in [0.15, 0.2) is 9.84 Å². The molecule has 2 rings (SSSR count). The van der Waals surface area contributed by atoms with Crippen LogP contribution in [0.5, 0.6) is 0 Å². The van der Waals surface area contributed by atoms with Gasteiger partial charge in [-0.3, -0.25) is 0 Å². The van der Waals surface area contributed by atoms with E-state index in [1.807, 2.05) is 0 Å². The van der Waals surface area contributed by atoms with E-state index in [0.29, 0.717) is 5.82 Å². The average Bonchev–Trinajstić information content (AvgIpc) is 2.69. The molecule has 1 aliphatic rings. The smallest absolute Gasteiger partial charge is 0.244 e. The van der Waals surface area contributed by atoms with Crippen LogP contribution >= 0.6 is 0 Å². The highest BCUT2D eigenvalue weighted by molar-refractivity contribution is 7.94. The van der Waals surface area contributed by atoms with Crippen LogP contribution in [0.3, 0.4) is 0 Å². The molecule has 2 heterocycles. The van der Waals surface area contributed by atoms with Crippen LogP contribution in [-0.2, 0) is 19.9 Å². The van der Waals surface area contributed by atoms with Gasteiger partial charge in [0.2, 0.25) is 10.0 Å². The third kappa shape index (κ3) is 3.17. The van der Waals surface area contributed by atoms with E-state index >= 15 is 0 Å². The molecule has 0 radical (unpaired) electrons. The zero-order valence-corrected chi connectivity index (χ0v) is 12.6. The maximum atomic E-state index is 11.8. The van der Waals surface area contributed by atoms with Gasteiger partial charge in [0, 0.05) is 25.7 Å². The van der Waals surface area contributed by atoms with E-state index in [1.165, 1.54) is 32.4 Å². The van der Waals surface area contributed by atoms with Gasteiger partial charge in [-0.15, -0.1) is 0 Å². The molecule has 20 heavy (non-hydrogen) atoms. The van der Waals surface area contributed by atoms with Crippen molar-refractivity contribution in [3.63, 3.8) is 0 Å². The Kier molecular flexibility index (Phi) is 3.85. The maximum absolute atomic E-state index is 11.8. The summed E-state index contributed by atoms with van der Waals surface area (Å²) in [6, 6.07) is 2.59. The van der Waals surface area contributed by atoms with Crippen molar-refractivity contribution in [1.82, 2.24) is 9.29 Å². The zero-order chi connectivity index (χ0) is 15.0. The molecule has 0 aromatic carbocycles. The number of aromatic nitrogens is 1. The summed E-state index contributed by atoms with van der Waals surface area (Å²) in [5.74, 6) is 0.404. The van der Waals surface area contributed by atoms with Crippen molar-refractivity contribution in [1.29, 1.82) is 0 Å². The van der Waals surface area contributed by atoms with E-state index in [0.717, 1.165) is 9.71 Å². The highest BCUT2D eigenvalue weighted by Gasteiger charge is 2.22. The van der Waals surface area contributed by atoms with Crippen LogP contribution in [0, 0.1) is 0 Å². The molecule has 0 fully saturated rings. The summed E-state index contributed by atoms with van der Waals surface area (Å²) < 4.78 is 47.3. The summed E-state index contributed by atoms with van der Waals surface area (Å²) in [6.45, 7) is 0. The molecule has 0 saturated carbocycles. The molecular formula is C11H15N3O4S2. The lowest BCUT2D eigenvalue weighted by atomic mass is 10.3. The van der Waals surface area contributed by atoms with Crippen molar-refractivity contribution in [2.75, 3.05) is 25.2 Å². The Balaban J connectivity index is 2.12. The predicted molar refractivity (Wildman–Crippen MR) is 75.4 cm³/mol. The molecule has 0 bridgehead atoms. The Labute approximate surface area is 118 Å². The lowest BCUT2D eigenvalue weighted by Gasteiger charge is -2.13. The molecule has 9 heteroatoms. The predicted octanol–water partition coefficient (Wildman–Crippen LogP) is 0.0545. The van der Waals surface area contributed by atoms with Gasteiger partial charge in [0.25, 0.3) is 0 Å². The number of nitrogens with zero attached hydrogens (tertiary/aromatic N) is 2. The first-order valence-electron chi connectivity index (χ1n) is 5.77. The first kappa shape index (κ1) is 14.9. The highest BCUT2D eigenvalue weighted by atomic mass is 32.2. The molecule has 1 N–H and O–H groups in total. The molecular weight excluding hydrogens is 302 g/mol. The maximum Gasteiger partial charge on any atom is 0.244 e. The summed E-state index contributed by atoms with van der Waals surface area (Å²) in [5, 5.41) is 4.08. The van der Waals surface area contributed by atoms with Crippen molar-refractivity contribution < 1.29 is 16.8 Å². The number of hydrogen-bond acceptors (Lipinski definition) is 6. The molecule has 1 aliphatic heterocycles. The minimum atomic E-state index is -3.51. The molecule has 110 valence electrons. The van der Waals surface area contributed by atoms with Crippen molar-refractivity contribution in [3.8, 4) is 0 Å². The first-order valence-corrected chi connectivity index (χ1v) is 8.92. The summed E-state index contributed by atoms with van der Waals surface area (Å²) in [5.41, 5.74) is 0. The van der Waals surface area contributed by atoms with Crippen LogP contribution in [0.1, 0.15) is 0 Å². The fourth-order valence-electron chi connectivity index (χ4n) is 1.68. The first-order chi connectivity index (χ1) is 9.21. The average molecular weight is 317 g/mol. The number of sulfonamides is 1. The second-order valence-corrected chi connectivity index (χ2v) is 8.66. The van der Waals surface area contributed by atoms with Crippen LogP contribution in [0.25, 0.3) is 0 Å². The van der Waals surface area contributed by atoms with Gasteiger partial charge in [0.05, 0.1) is 11.8 Å². The van der Waals surface area contributed by atoms with Crippen LogP contribution in [-0.4, -0.2) is 52.0 Å². The Morgan fingerprint density at radius 3 is 2.50 bits per heavy atom. The number of anilines is 1. The second kappa shape index (κ2) is 5.15. The molecule has 0 spiro atoms. The molecule has 0 aliphatic carbocycles. The molecule has 0 saturated heterocycles. The molecule has 1 aromatic heterocycles. The van der Waals surface area contributed by atoms with Crippen LogP contribution in [0.2, 0.25) is 0 Å². The van der Waals surface area contributed by atoms with Crippen LogP contribution < -0.4 is 5.32 Å². The molecule has 0 amide bonds. The fraction of sp³-hybridized carbons (Fsp3) is 0.364. The largest absolute Gasteiger partial charge is 0.363 e. The van der Waals surface area contributed by atoms with Gasteiger partial charge in [-0.25, -0.2) is 26.1 Å². The van der Waals surface area contributed by atoms with Crippen LogP contribution in [0.4, 0.5) is 5.82 Å². The van der Waals surface area contributed by atoms with Crippen molar-refractivity contribution in [3.05, 3.63) is 29.8 Å². The standard InChI is InChI=1S/C11H15N3O4S2/c1-14(2)20(17,18)10-3-4-11(12-7-10)13-9-5-6-19(15,16)8-9/h3-7,9H,8H2,1-2H3,(H,12,13). The molecule has 7 nitrogen and oxygen atoms in total. The number of pyridine rings is 1. The third-order valence-electron chi connectivity index (χ3n) is 2.78. The van der Waals surface area contributed by atoms with Gasteiger partial charge in [-0.1, -0.05) is 0 Å². The van der Waals surface area contributed by atoms with E-state index in [-0.39, 0.29) is 16.7 Å². The lowest BCUT2D eigenvalue weighted by Crippen LogP contribution is -2.23. The molecule has 1 unspecified atom stereocenters. The highest BCUT2D eigenvalue weighted by Crippen LogP contribution is 2.16. The minimum Gasteiger partial charge on any atom is -0.363 e. The SMILES string of the molecule is CN(C)S(=O)(=O)c1ccc(NC2C=CS(=O)(=O)C2)nc1. The summed E-state index contributed by atoms with van der Waals surface area (Å²) in [7, 11) is -3.76. The van der Waals surface area contributed by atoms with Crippen molar-refractivity contribution in [2.45, 2.75) is 10.9 Å². The van der Waals surface area contributed by atoms with Gasteiger partial charge in [-0.05, 0) is 18.2 Å². The summed E-state index contributed by atoms with van der Waals surface area (Å²) in [4.78, 5) is 4.08. The van der Waals surface area contributed by atoms with Crippen LogP contribution in [0.15, 0.2) is 34.7 Å². The van der Waals surface area contributed by atoms with Gasteiger partial charge in [0.1, 0.15) is 10.7 Å². The Hall–Kier alpha value is -1.45. The number of hydrogen-bond donors (Lipinski definition) is 1. The van der Waals surface area contributed by atoms with Gasteiger partial charge < -0.3 is 5.32 Å². The monoisotopic (exact) mass is 317 g/mol. The number of sulfone groups is 1. The second-order valence-electron chi connectivity index (χ2n) is 4.58. The topological polar surface area (TPSA) is 96.4 Å². The molecule has 1 atom stereocenters. The Morgan fingerprint density at radius 2 is 2.05 bits per heavy atom. The quantitative estimate of drug-likeness (QED) is 0.843. The Bertz CT molecular complexity index is 721. The lowest BCUT2D eigenvalue weighted by molar-refractivity contribution is 0.520.